The summed E-state index contributed by atoms with van der Waals surface area (Å²) in [5, 5.41) is 26.8. The topological polar surface area (TPSA) is 129 Å². The number of para-hydroxylation sites is 1. The summed E-state index contributed by atoms with van der Waals surface area (Å²) in [4.78, 5) is 11.9. The second-order valence-electron chi connectivity index (χ2n) is 7.72. The average molecular weight is 485 g/mol. The van der Waals surface area contributed by atoms with E-state index in [0.717, 1.165) is 38.2 Å². The molecule has 11 heteroatoms. The van der Waals surface area contributed by atoms with Gasteiger partial charge in [-0.25, -0.2) is 27.3 Å². The Morgan fingerprint density at radius 3 is 2.41 bits per heavy atom. The van der Waals surface area contributed by atoms with Gasteiger partial charge in [0.05, 0.1) is 11.3 Å². The number of aryl methyl sites for hydroxylation is 1. The van der Waals surface area contributed by atoms with Crippen molar-refractivity contribution in [1.82, 2.24) is 19.1 Å². The fourth-order valence-corrected chi connectivity index (χ4v) is 4.73. The largest absolute Gasteiger partial charge is 0.507 e. The Labute approximate surface area is 194 Å². The van der Waals surface area contributed by atoms with Crippen molar-refractivity contribution in [3.05, 3.63) is 88.1 Å². The third-order valence-corrected chi connectivity index (χ3v) is 7.13. The highest BCUT2D eigenvalue weighted by molar-refractivity contribution is 7.89. The minimum atomic E-state index is -4.23. The number of nitrogens with one attached hydrogen (secondary N) is 1. The number of hydrogen-bond acceptors (Lipinski definition) is 6. The van der Waals surface area contributed by atoms with Crippen molar-refractivity contribution < 1.29 is 23.0 Å². The molecule has 0 fully saturated rings. The first kappa shape index (κ1) is 23.2. The van der Waals surface area contributed by atoms with Crippen LogP contribution in [-0.4, -0.2) is 44.7 Å². The second kappa shape index (κ2) is 8.76. The van der Waals surface area contributed by atoms with Crippen molar-refractivity contribution in [2.45, 2.75) is 18.4 Å². The smallest absolute Gasteiger partial charge is 0.348 e. The van der Waals surface area contributed by atoms with E-state index in [2.05, 4.69) is 10.2 Å². The van der Waals surface area contributed by atoms with Crippen molar-refractivity contribution in [3.63, 3.8) is 0 Å². The van der Waals surface area contributed by atoms with E-state index in [-0.39, 0.29) is 23.6 Å². The van der Waals surface area contributed by atoms with E-state index in [1.54, 1.807) is 12.1 Å². The fraction of sp³-hybridized carbons (Fsp3) is 0.130. The van der Waals surface area contributed by atoms with Crippen LogP contribution in [0.15, 0.2) is 70.4 Å². The summed E-state index contributed by atoms with van der Waals surface area (Å²) in [6.07, 6.45) is 0. The Kier molecular flexibility index (Phi) is 5.98. The molecule has 0 aliphatic carbocycles. The summed E-state index contributed by atoms with van der Waals surface area (Å²) in [6, 6.07) is 14.6. The Morgan fingerprint density at radius 2 is 1.74 bits per heavy atom. The summed E-state index contributed by atoms with van der Waals surface area (Å²) in [7, 11) is -2.88. The Morgan fingerprint density at radius 1 is 1.06 bits per heavy atom. The molecule has 1 aromatic heterocycles. The molecule has 1 heterocycles. The molecular weight excluding hydrogens is 463 g/mol. The summed E-state index contributed by atoms with van der Waals surface area (Å²) >= 11 is 0. The SMILES string of the molecule is Cc1ccc(CN(C)S(=O)(=O)c2cc(-c3n[nH]c(=O)n3-c3ccccc3F)c(O)cc2O)cc1. The van der Waals surface area contributed by atoms with E-state index >= 15 is 0 Å². The predicted molar refractivity (Wildman–Crippen MR) is 123 cm³/mol. The van der Waals surface area contributed by atoms with Gasteiger partial charge in [-0.15, -0.1) is 0 Å². The van der Waals surface area contributed by atoms with Gasteiger partial charge in [-0.2, -0.15) is 9.40 Å². The van der Waals surface area contributed by atoms with E-state index < -0.39 is 37.9 Å². The van der Waals surface area contributed by atoms with Crippen LogP contribution in [0, 0.1) is 12.7 Å². The van der Waals surface area contributed by atoms with Crippen LogP contribution in [0.5, 0.6) is 11.5 Å². The van der Waals surface area contributed by atoms with Crippen molar-refractivity contribution in [2.75, 3.05) is 7.05 Å². The molecule has 0 aliphatic rings. The van der Waals surface area contributed by atoms with E-state index in [1.807, 2.05) is 19.1 Å². The Bertz CT molecular complexity index is 1530. The van der Waals surface area contributed by atoms with Crippen LogP contribution in [-0.2, 0) is 16.6 Å². The van der Waals surface area contributed by atoms with Crippen LogP contribution in [0.3, 0.4) is 0 Å². The van der Waals surface area contributed by atoms with E-state index in [1.165, 1.54) is 25.2 Å². The number of phenolic OH excluding ortho intramolecular Hbond substituents is 2. The molecule has 0 spiro atoms. The van der Waals surface area contributed by atoms with Crippen molar-refractivity contribution in [3.8, 4) is 28.6 Å². The molecule has 0 saturated heterocycles. The van der Waals surface area contributed by atoms with Gasteiger partial charge in [0, 0.05) is 19.7 Å². The number of aromatic hydroxyl groups is 2. The maximum atomic E-state index is 14.4. The number of halogens is 1. The number of sulfonamides is 1. The molecule has 0 amide bonds. The van der Waals surface area contributed by atoms with Gasteiger partial charge >= 0.3 is 5.69 Å². The van der Waals surface area contributed by atoms with Gasteiger partial charge in [0.2, 0.25) is 10.0 Å². The molecular formula is C23H21FN4O5S. The van der Waals surface area contributed by atoms with Crippen LogP contribution < -0.4 is 5.69 Å². The first-order valence-electron chi connectivity index (χ1n) is 10.1. The zero-order chi connectivity index (χ0) is 24.6. The number of H-pyrrole nitrogens is 1. The lowest BCUT2D eigenvalue weighted by Gasteiger charge is -2.19. The molecule has 0 radical (unpaired) electrons. The van der Waals surface area contributed by atoms with Crippen LogP contribution in [0.4, 0.5) is 4.39 Å². The van der Waals surface area contributed by atoms with Gasteiger partial charge in [-0.1, -0.05) is 42.0 Å². The van der Waals surface area contributed by atoms with E-state index in [4.69, 9.17) is 0 Å². The fourth-order valence-electron chi connectivity index (χ4n) is 3.48. The lowest BCUT2D eigenvalue weighted by atomic mass is 10.1. The number of nitrogens with zero attached hydrogens (tertiary/aromatic N) is 3. The normalized spacial score (nSPS) is 11.8. The van der Waals surface area contributed by atoms with Crippen LogP contribution in [0.25, 0.3) is 17.1 Å². The molecule has 3 aromatic carbocycles. The van der Waals surface area contributed by atoms with Gasteiger partial charge in [0.15, 0.2) is 5.82 Å². The zero-order valence-electron chi connectivity index (χ0n) is 18.2. The van der Waals surface area contributed by atoms with Gasteiger partial charge < -0.3 is 10.2 Å². The van der Waals surface area contributed by atoms with Gasteiger partial charge in [0.25, 0.3) is 0 Å². The molecule has 4 rings (SSSR count). The van der Waals surface area contributed by atoms with Crippen molar-refractivity contribution in [1.29, 1.82) is 0 Å². The summed E-state index contributed by atoms with van der Waals surface area (Å²) in [6.45, 7) is 1.94. The zero-order valence-corrected chi connectivity index (χ0v) is 19.0. The third-order valence-electron chi connectivity index (χ3n) is 5.30. The number of benzene rings is 3. The monoisotopic (exact) mass is 484 g/mol. The quantitative estimate of drug-likeness (QED) is 0.386. The Balaban J connectivity index is 1.81. The van der Waals surface area contributed by atoms with E-state index in [9.17, 15) is 27.8 Å². The molecule has 0 unspecified atom stereocenters. The first-order chi connectivity index (χ1) is 16.1. The maximum absolute atomic E-state index is 14.4. The standard InChI is InChI=1S/C23H21FN4O5S/c1-14-7-9-15(10-8-14)13-27(2)34(32,33)21-11-16(19(29)12-20(21)30)22-25-26-23(31)28(22)18-6-4-3-5-17(18)24/h3-12,29-30H,13H2,1-2H3,(H,26,31). The molecule has 34 heavy (non-hydrogen) atoms. The number of hydrogen-bond donors (Lipinski definition) is 3. The molecule has 0 bridgehead atoms. The number of aromatic amines is 1. The summed E-state index contributed by atoms with van der Waals surface area (Å²) < 4.78 is 42.8. The molecule has 176 valence electrons. The number of phenols is 2. The molecule has 0 saturated carbocycles. The number of aromatic nitrogens is 3. The van der Waals surface area contributed by atoms with Crippen LogP contribution in [0.1, 0.15) is 11.1 Å². The molecule has 0 aliphatic heterocycles. The van der Waals surface area contributed by atoms with Crippen molar-refractivity contribution >= 4 is 10.0 Å². The minimum Gasteiger partial charge on any atom is -0.507 e. The molecule has 0 atom stereocenters. The maximum Gasteiger partial charge on any atom is 0.348 e. The first-order valence-corrected chi connectivity index (χ1v) is 11.5. The van der Waals surface area contributed by atoms with Crippen LogP contribution >= 0.6 is 0 Å². The highest BCUT2D eigenvalue weighted by Crippen LogP contribution is 2.37. The lowest BCUT2D eigenvalue weighted by molar-refractivity contribution is 0.430. The molecule has 4 aromatic rings. The van der Waals surface area contributed by atoms with Gasteiger partial charge in [-0.3, -0.25) is 0 Å². The predicted octanol–water partition coefficient (Wildman–Crippen LogP) is 2.91. The lowest BCUT2D eigenvalue weighted by Crippen LogP contribution is -2.26. The van der Waals surface area contributed by atoms with Gasteiger partial charge in [0.1, 0.15) is 22.2 Å². The minimum absolute atomic E-state index is 0.0284. The van der Waals surface area contributed by atoms with Crippen molar-refractivity contribution in [2.24, 2.45) is 0 Å². The van der Waals surface area contributed by atoms with E-state index in [0.29, 0.717) is 0 Å². The van der Waals surface area contributed by atoms with Crippen LogP contribution in [0.2, 0.25) is 0 Å². The molecule has 3 N–H and O–H groups in total. The Hall–Kier alpha value is -3.96. The third kappa shape index (κ3) is 4.18. The highest BCUT2D eigenvalue weighted by Gasteiger charge is 2.28. The van der Waals surface area contributed by atoms with Gasteiger partial charge in [-0.05, 0) is 30.7 Å². The summed E-state index contributed by atoms with van der Waals surface area (Å²) in [5.74, 6) is -2.19. The second-order valence-corrected chi connectivity index (χ2v) is 9.74. The number of rotatable bonds is 6. The summed E-state index contributed by atoms with van der Waals surface area (Å²) in [5.41, 5.74) is 0.616. The average Bonchev–Trinajstić information content (AvgIpc) is 3.16. The molecule has 9 nitrogen and oxygen atoms in total. The highest BCUT2D eigenvalue weighted by atomic mass is 32.2.